The number of aryl methyl sites for hydroxylation is 2. The van der Waals surface area contributed by atoms with Crippen LogP contribution in [0.1, 0.15) is 41.9 Å². The summed E-state index contributed by atoms with van der Waals surface area (Å²) in [6.45, 7) is 7.85. The molecular weight excluding hydrogens is 280 g/mol. The summed E-state index contributed by atoms with van der Waals surface area (Å²) in [6.07, 6.45) is 2.52. The molecule has 0 saturated carbocycles. The summed E-state index contributed by atoms with van der Waals surface area (Å²) in [7, 11) is 1.81. The van der Waals surface area contributed by atoms with Crippen molar-refractivity contribution < 1.29 is 9.53 Å². The smallest absolute Gasteiger partial charge is 0.257 e. The van der Waals surface area contributed by atoms with Gasteiger partial charge in [-0.1, -0.05) is 6.92 Å². The fraction of sp³-hybridized carbons (Fsp3) is 0.438. The summed E-state index contributed by atoms with van der Waals surface area (Å²) in [5.41, 5.74) is 2.36. The van der Waals surface area contributed by atoms with Gasteiger partial charge >= 0.3 is 0 Å². The standard InChI is InChI=1S/C16H22N4O2/c1-6-10(2)22-14-9-13(7-8-17-14)16(21)18-15-11(3)12(4)19-20(15)5/h7-10H,6H2,1-5H3,(H,18,21)/t10-/m0/s1. The summed E-state index contributed by atoms with van der Waals surface area (Å²) in [5, 5.41) is 7.18. The Labute approximate surface area is 130 Å². The van der Waals surface area contributed by atoms with E-state index in [1.807, 2.05) is 27.7 Å². The minimum atomic E-state index is -0.206. The van der Waals surface area contributed by atoms with Crippen LogP contribution in [-0.2, 0) is 7.05 Å². The first-order chi connectivity index (χ1) is 10.4. The lowest BCUT2D eigenvalue weighted by Crippen LogP contribution is -2.16. The monoisotopic (exact) mass is 302 g/mol. The van der Waals surface area contributed by atoms with Crippen molar-refractivity contribution >= 4 is 11.7 Å². The highest BCUT2D eigenvalue weighted by atomic mass is 16.5. The zero-order chi connectivity index (χ0) is 16.3. The van der Waals surface area contributed by atoms with E-state index in [-0.39, 0.29) is 12.0 Å². The lowest BCUT2D eigenvalue weighted by molar-refractivity contribution is 0.102. The maximum Gasteiger partial charge on any atom is 0.257 e. The number of carbonyl (C=O) groups excluding carboxylic acids is 1. The molecule has 2 rings (SSSR count). The van der Waals surface area contributed by atoms with Crippen molar-refractivity contribution in [2.24, 2.45) is 7.05 Å². The maximum absolute atomic E-state index is 12.4. The van der Waals surface area contributed by atoms with Gasteiger partial charge in [0.2, 0.25) is 5.88 Å². The summed E-state index contributed by atoms with van der Waals surface area (Å²) in [5.74, 6) is 0.950. The van der Waals surface area contributed by atoms with Crippen LogP contribution in [0.15, 0.2) is 18.3 Å². The number of aromatic nitrogens is 3. The number of ether oxygens (including phenoxy) is 1. The molecular formula is C16H22N4O2. The second-order valence-electron chi connectivity index (χ2n) is 5.36. The largest absolute Gasteiger partial charge is 0.475 e. The van der Waals surface area contributed by atoms with Crippen molar-refractivity contribution in [3.8, 4) is 5.88 Å². The molecule has 2 aromatic heterocycles. The second kappa shape index (κ2) is 6.60. The van der Waals surface area contributed by atoms with Crippen LogP contribution in [-0.4, -0.2) is 26.8 Å². The maximum atomic E-state index is 12.4. The van der Waals surface area contributed by atoms with Crippen molar-refractivity contribution in [3.05, 3.63) is 35.2 Å². The van der Waals surface area contributed by atoms with Gasteiger partial charge in [-0.15, -0.1) is 0 Å². The van der Waals surface area contributed by atoms with E-state index >= 15 is 0 Å². The molecule has 1 atom stereocenters. The predicted molar refractivity (Wildman–Crippen MR) is 85.3 cm³/mol. The topological polar surface area (TPSA) is 69.0 Å². The summed E-state index contributed by atoms with van der Waals surface area (Å²) in [6, 6.07) is 3.32. The number of anilines is 1. The van der Waals surface area contributed by atoms with E-state index in [1.165, 1.54) is 0 Å². The predicted octanol–water partition coefficient (Wildman–Crippen LogP) is 2.86. The molecule has 118 valence electrons. The van der Waals surface area contributed by atoms with E-state index in [2.05, 4.69) is 15.4 Å². The van der Waals surface area contributed by atoms with Crippen LogP contribution in [0.25, 0.3) is 0 Å². The van der Waals surface area contributed by atoms with E-state index in [0.717, 1.165) is 17.7 Å². The van der Waals surface area contributed by atoms with Gasteiger partial charge in [0.15, 0.2) is 0 Å². The van der Waals surface area contributed by atoms with Gasteiger partial charge in [0.25, 0.3) is 5.91 Å². The SMILES string of the molecule is CC[C@H](C)Oc1cc(C(=O)Nc2c(C)c(C)nn2C)ccn1. The summed E-state index contributed by atoms with van der Waals surface area (Å²) >= 11 is 0. The molecule has 0 saturated heterocycles. The van der Waals surface area contributed by atoms with Crippen LogP contribution < -0.4 is 10.1 Å². The molecule has 1 amide bonds. The minimum absolute atomic E-state index is 0.0628. The van der Waals surface area contributed by atoms with Gasteiger partial charge in [-0.05, 0) is 33.3 Å². The molecule has 2 aromatic rings. The molecule has 0 radical (unpaired) electrons. The molecule has 0 spiro atoms. The van der Waals surface area contributed by atoms with E-state index in [0.29, 0.717) is 17.3 Å². The summed E-state index contributed by atoms with van der Waals surface area (Å²) in [4.78, 5) is 16.5. The van der Waals surface area contributed by atoms with Crippen molar-refractivity contribution in [2.45, 2.75) is 40.2 Å². The van der Waals surface area contributed by atoms with Gasteiger partial charge < -0.3 is 10.1 Å². The van der Waals surface area contributed by atoms with Crippen LogP contribution in [0, 0.1) is 13.8 Å². The first-order valence-electron chi connectivity index (χ1n) is 7.36. The molecule has 0 unspecified atom stereocenters. The Morgan fingerprint density at radius 3 is 2.77 bits per heavy atom. The van der Waals surface area contributed by atoms with E-state index in [9.17, 15) is 4.79 Å². The average Bonchev–Trinajstić information content (AvgIpc) is 2.73. The van der Waals surface area contributed by atoms with Crippen molar-refractivity contribution in [3.63, 3.8) is 0 Å². The van der Waals surface area contributed by atoms with Crippen LogP contribution in [0.3, 0.4) is 0 Å². The fourth-order valence-corrected chi connectivity index (χ4v) is 2.02. The molecule has 0 aromatic carbocycles. The molecule has 0 fully saturated rings. The van der Waals surface area contributed by atoms with Gasteiger partial charge in [0.05, 0.1) is 11.8 Å². The quantitative estimate of drug-likeness (QED) is 0.922. The Morgan fingerprint density at radius 2 is 2.18 bits per heavy atom. The highest BCUT2D eigenvalue weighted by Gasteiger charge is 2.14. The Kier molecular flexibility index (Phi) is 4.80. The Balaban J connectivity index is 2.17. The molecule has 2 heterocycles. The third-order valence-corrected chi connectivity index (χ3v) is 3.65. The van der Waals surface area contributed by atoms with Gasteiger partial charge in [0, 0.05) is 30.4 Å². The number of hydrogen-bond donors (Lipinski definition) is 1. The zero-order valence-corrected chi connectivity index (χ0v) is 13.7. The van der Waals surface area contributed by atoms with Crippen molar-refractivity contribution in [1.82, 2.24) is 14.8 Å². The second-order valence-corrected chi connectivity index (χ2v) is 5.36. The number of hydrogen-bond acceptors (Lipinski definition) is 4. The molecule has 0 aliphatic rings. The number of nitrogens with one attached hydrogen (secondary N) is 1. The van der Waals surface area contributed by atoms with Crippen LogP contribution >= 0.6 is 0 Å². The van der Waals surface area contributed by atoms with Gasteiger partial charge in [-0.2, -0.15) is 5.10 Å². The third-order valence-electron chi connectivity index (χ3n) is 3.65. The molecule has 0 aliphatic carbocycles. The number of pyridine rings is 1. The number of carbonyl (C=O) groups is 1. The first kappa shape index (κ1) is 16.0. The van der Waals surface area contributed by atoms with Crippen LogP contribution in [0.2, 0.25) is 0 Å². The number of rotatable bonds is 5. The van der Waals surface area contributed by atoms with E-state index < -0.39 is 0 Å². The van der Waals surface area contributed by atoms with Gasteiger partial charge in [0.1, 0.15) is 5.82 Å². The molecule has 6 nitrogen and oxygen atoms in total. The molecule has 0 bridgehead atoms. The lowest BCUT2D eigenvalue weighted by atomic mass is 10.2. The molecule has 1 N–H and O–H groups in total. The molecule has 6 heteroatoms. The third kappa shape index (κ3) is 3.44. The van der Waals surface area contributed by atoms with Crippen molar-refractivity contribution in [2.75, 3.05) is 5.32 Å². The Bertz CT molecular complexity index is 679. The van der Waals surface area contributed by atoms with Crippen LogP contribution in [0.5, 0.6) is 5.88 Å². The molecule has 22 heavy (non-hydrogen) atoms. The summed E-state index contributed by atoms with van der Waals surface area (Å²) < 4.78 is 7.31. The lowest BCUT2D eigenvalue weighted by Gasteiger charge is -2.12. The van der Waals surface area contributed by atoms with E-state index in [4.69, 9.17) is 4.74 Å². The average molecular weight is 302 g/mol. The highest BCUT2D eigenvalue weighted by Crippen LogP contribution is 2.19. The Hall–Kier alpha value is -2.37. The number of nitrogens with zero attached hydrogens (tertiary/aromatic N) is 3. The van der Waals surface area contributed by atoms with Crippen molar-refractivity contribution in [1.29, 1.82) is 0 Å². The zero-order valence-electron chi connectivity index (χ0n) is 13.7. The van der Waals surface area contributed by atoms with Crippen LogP contribution in [0.4, 0.5) is 5.82 Å². The van der Waals surface area contributed by atoms with E-state index in [1.54, 1.807) is 30.1 Å². The fourth-order valence-electron chi connectivity index (χ4n) is 2.02. The molecule has 0 aliphatic heterocycles. The van der Waals surface area contributed by atoms with Gasteiger partial charge in [-0.3, -0.25) is 9.48 Å². The first-order valence-corrected chi connectivity index (χ1v) is 7.36. The minimum Gasteiger partial charge on any atom is -0.475 e. The Morgan fingerprint density at radius 1 is 1.45 bits per heavy atom. The highest BCUT2D eigenvalue weighted by molar-refractivity contribution is 6.04. The number of amides is 1. The normalized spacial score (nSPS) is 12.0. The van der Waals surface area contributed by atoms with Gasteiger partial charge in [-0.25, -0.2) is 4.98 Å².